The normalized spacial score (nSPS) is 13.7. The van der Waals surface area contributed by atoms with E-state index in [9.17, 15) is 0 Å². The predicted octanol–water partition coefficient (Wildman–Crippen LogP) is 4.14. The maximum absolute atomic E-state index is 5.67. The zero-order valence-electron chi connectivity index (χ0n) is 5.17. The number of rotatable bonds is 2. The van der Waals surface area contributed by atoms with Crippen LogP contribution < -0.4 is 0 Å². The van der Waals surface area contributed by atoms with Gasteiger partial charge in [-0.25, -0.2) is 0 Å². The SMILES string of the molecule is CC=CC(Cl)=[C](Cl)[Zr]([Cl])[Cl]. The summed E-state index contributed by atoms with van der Waals surface area (Å²) in [5.74, 6) is 0. The molecule has 0 aliphatic heterocycles. The fourth-order valence-electron chi connectivity index (χ4n) is 0.310. The zero-order chi connectivity index (χ0) is 8.15. The van der Waals surface area contributed by atoms with E-state index in [4.69, 9.17) is 40.2 Å². The Balaban J connectivity index is 4.34. The molecule has 0 aromatic rings. The maximum atomic E-state index is 5.67. The third-order valence-electron chi connectivity index (χ3n) is 0.689. The first-order valence-corrected chi connectivity index (χ1v) is 10.8. The second kappa shape index (κ2) is 6.09. The molecule has 0 amide bonds. The van der Waals surface area contributed by atoms with Crippen molar-refractivity contribution in [3.8, 4) is 0 Å². The van der Waals surface area contributed by atoms with Gasteiger partial charge in [-0.05, 0) is 0 Å². The van der Waals surface area contributed by atoms with E-state index >= 15 is 0 Å². The van der Waals surface area contributed by atoms with Crippen molar-refractivity contribution in [2.24, 2.45) is 0 Å². The van der Waals surface area contributed by atoms with Crippen LogP contribution in [0.25, 0.3) is 0 Å². The Morgan fingerprint density at radius 1 is 1.30 bits per heavy atom. The molecule has 0 fully saturated rings. The number of allylic oxidation sites excluding steroid dienone is 3. The van der Waals surface area contributed by atoms with Gasteiger partial charge in [0.2, 0.25) is 0 Å². The van der Waals surface area contributed by atoms with Crippen LogP contribution in [-0.4, -0.2) is 0 Å². The van der Waals surface area contributed by atoms with Crippen molar-refractivity contribution in [3.63, 3.8) is 0 Å². The van der Waals surface area contributed by atoms with Gasteiger partial charge in [0.1, 0.15) is 0 Å². The van der Waals surface area contributed by atoms with Gasteiger partial charge in [0.15, 0.2) is 0 Å². The molecule has 0 rings (SSSR count). The van der Waals surface area contributed by atoms with Gasteiger partial charge < -0.3 is 0 Å². The van der Waals surface area contributed by atoms with Crippen LogP contribution >= 0.6 is 40.2 Å². The van der Waals surface area contributed by atoms with Gasteiger partial charge in [0, 0.05) is 0 Å². The molecule has 0 aromatic carbocycles. The summed E-state index contributed by atoms with van der Waals surface area (Å²) in [5, 5.41) is 0.462. The van der Waals surface area contributed by atoms with Crippen LogP contribution in [0.3, 0.4) is 0 Å². The summed E-state index contributed by atoms with van der Waals surface area (Å²) in [5.41, 5.74) is 0. The second-order valence-electron chi connectivity index (χ2n) is 1.42. The summed E-state index contributed by atoms with van der Waals surface area (Å²) in [6.45, 7) is 1.85. The van der Waals surface area contributed by atoms with Crippen molar-refractivity contribution in [3.05, 3.63) is 19.9 Å². The van der Waals surface area contributed by atoms with E-state index in [0.29, 0.717) is 7.77 Å². The van der Waals surface area contributed by atoms with Gasteiger partial charge in [-0.1, -0.05) is 0 Å². The fraction of sp³-hybridized carbons (Fsp3) is 0.200. The Labute approximate surface area is 85.6 Å². The monoisotopic (exact) mass is 295 g/mol. The zero-order valence-corrected chi connectivity index (χ0v) is 10.6. The first-order valence-electron chi connectivity index (χ1n) is 2.46. The van der Waals surface area contributed by atoms with E-state index in [0.717, 1.165) is 0 Å². The first kappa shape index (κ1) is 11.5. The molecule has 0 heterocycles. The average Bonchev–Trinajstić information content (AvgIpc) is 1.87. The minimum atomic E-state index is -2.45. The molecule has 0 spiro atoms. The topological polar surface area (TPSA) is 0 Å². The Morgan fingerprint density at radius 2 is 1.80 bits per heavy atom. The van der Waals surface area contributed by atoms with E-state index in [-0.39, 0.29) is 0 Å². The summed E-state index contributed by atoms with van der Waals surface area (Å²) in [4.78, 5) is 0. The van der Waals surface area contributed by atoms with Crippen molar-refractivity contribution in [2.45, 2.75) is 6.92 Å². The summed E-state index contributed by atoms with van der Waals surface area (Å²) < 4.78 is 0.450. The minimum absolute atomic E-state index is 0.450. The van der Waals surface area contributed by atoms with Crippen molar-refractivity contribution >= 4 is 40.2 Å². The number of halogens is 4. The molecule has 0 atom stereocenters. The fourth-order valence-corrected chi connectivity index (χ4v) is 3.48. The third-order valence-corrected chi connectivity index (χ3v) is 7.67. The van der Waals surface area contributed by atoms with E-state index in [2.05, 4.69) is 0 Å². The van der Waals surface area contributed by atoms with E-state index in [1.165, 1.54) is 0 Å². The third kappa shape index (κ3) is 4.41. The van der Waals surface area contributed by atoms with Crippen LogP contribution in [0.15, 0.2) is 19.9 Å². The van der Waals surface area contributed by atoms with Crippen LogP contribution in [0, 0.1) is 0 Å². The molecule has 10 heavy (non-hydrogen) atoms. The summed E-state index contributed by atoms with van der Waals surface area (Å²) >= 11 is 8.88. The second-order valence-corrected chi connectivity index (χ2v) is 11.1. The quantitative estimate of drug-likeness (QED) is 0.672. The molecule has 0 unspecified atom stereocenters. The van der Waals surface area contributed by atoms with Crippen molar-refractivity contribution in [1.29, 1.82) is 0 Å². The molecule has 0 radical (unpaired) electrons. The molecule has 0 bridgehead atoms. The molecule has 0 saturated heterocycles. The average molecular weight is 298 g/mol. The molecule has 5 heteroatoms. The van der Waals surface area contributed by atoms with Gasteiger partial charge in [-0.2, -0.15) is 0 Å². The first-order chi connectivity index (χ1) is 4.59. The van der Waals surface area contributed by atoms with Gasteiger partial charge in [0.05, 0.1) is 0 Å². The molecule has 0 aromatic heterocycles. The van der Waals surface area contributed by atoms with E-state index in [1.54, 1.807) is 12.2 Å². The van der Waals surface area contributed by atoms with Crippen molar-refractivity contribution < 1.29 is 19.4 Å². The molecule has 0 nitrogen and oxygen atoms in total. The molecule has 57 valence electrons. The molecule has 0 saturated carbocycles. The molecular formula is C5H5Cl4Zr. The van der Waals surface area contributed by atoms with E-state index in [1.807, 2.05) is 6.92 Å². The van der Waals surface area contributed by atoms with Crippen LogP contribution in [0.2, 0.25) is 0 Å². The van der Waals surface area contributed by atoms with Crippen molar-refractivity contribution in [2.75, 3.05) is 0 Å². The Kier molecular flexibility index (Phi) is 7.01. The van der Waals surface area contributed by atoms with E-state index < -0.39 is 19.4 Å². The molecule has 0 aliphatic rings. The van der Waals surface area contributed by atoms with Crippen LogP contribution in [-0.2, 0) is 19.4 Å². The number of hydrogen-bond donors (Lipinski definition) is 0. The van der Waals surface area contributed by atoms with Gasteiger partial charge in [-0.15, -0.1) is 0 Å². The van der Waals surface area contributed by atoms with Crippen molar-refractivity contribution in [1.82, 2.24) is 0 Å². The molecule has 0 aliphatic carbocycles. The van der Waals surface area contributed by atoms with Crippen LogP contribution in [0.4, 0.5) is 0 Å². The Bertz CT molecular complexity index is 161. The summed E-state index contributed by atoms with van der Waals surface area (Å²) in [6.07, 6.45) is 3.46. The van der Waals surface area contributed by atoms with Gasteiger partial charge in [-0.3, -0.25) is 0 Å². The van der Waals surface area contributed by atoms with Crippen LogP contribution in [0.1, 0.15) is 6.92 Å². The number of hydrogen-bond acceptors (Lipinski definition) is 0. The Morgan fingerprint density at radius 3 is 2.10 bits per heavy atom. The predicted molar refractivity (Wildman–Crippen MR) is 45.3 cm³/mol. The van der Waals surface area contributed by atoms with Gasteiger partial charge >= 0.3 is 86.4 Å². The Hall–Kier alpha value is 1.52. The molecule has 0 N–H and O–H groups in total. The summed E-state index contributed by atoms with van der Waals surface area (Å²) in [6, 6.07) is 0. The van der Waals surface area contributed by atoms with Gasteiger partial charge in [0.25, 0.3) is 0 Å². The molecular weight excluding hydrogens is 293 g/mol. The summed E-state index contributed by atoms with van der Waals surface area (Å²) in [7, 11) is 11.2. The van der Waals surface area contributed by atoms with Crippen LogP contribution in [0.5, 0.6) is 0 Å². The standard InChI is InChI=1S/C5H5Cl2.2ClH.Zr/c1-2-3-5(7)4-6;;;/h2-3H,1H3;2*1H;/q;;;+2/p-2.